The van der Waals surface area contributed by atoms with E-state index in [0.29, 0.717) is 22.9 Å². The van der Waals surface area contributed by atoms with Crippen LogP contribution in [0.5, 0.6) is 5.75 Å². The molecule has 0 aromatic heterocycles. The number of barbiturate groups is 1. The normalized spacial score (nSPS) is 15.1. The van der Waals surface area contributed by atoms with Gasteiger partial charge in [-0.25, -0.2) is 9.69 Å². The van der Waals surface area contributed by atoms with Gasteiger partial charge in [0.25, 0.3) is 11.8 Å². The van der Waals surface area contributed by atoms with Crippen LogP contribution in [0.25, 0.3) is 6.08 Å². The number of benzene rings is 3. The number of urea groups is 1. The molecular formula is C25H19ClN2O4. The maximum atomic E-state index is 13.1. The number of hydrogen-bond acceptors (Lipinski definition) is 4. The molecule has 0 saturated carbocycles. The van der Waals surface area contributed by atoms with Crippen molar-refractivity contribution in [1.29, 1.82) is 0 Å². The number of carbonyl (C=O) groups excluding carboxylic acids is 3. The van der Waals surface area contributed by atoms with Crippen LogP contribution in [0.1, 0.15) is 16.7 Å². The maximum Gasteiger partial charge on any atom is 0.335 e. The molecule has 1 fully saturated rings. The van der Waals surface area contributed by atoms with Crippen molar-refractivity contribution in [3.05, 3.63) is 100 Å². The highest BCUT2D eigenvalue weighted by molar-refractivity contribution is 6.39. The zero-order valence-electron chi connectivity index (χ0n) is 17.2. The summed E-state index contributed by atoms with van der Waals surface area (Å²) in [7, 11) is 0. The number of para-hydroxylation sites is 1. The first-order valence-corrected chi connectivity index (χ1v) is 10.2. The number of halogens is 1. The number of amides is 4. The van der Waals surface area contributed by atoms with Crippen molar-refractivity contribution in [2.45, 2.75) is 13.5 Å². The molecule has 0 aliphatic carbocycles. The third kappa shape index (κ3) is 4.40. The molecule has 0 unspecified atom stereocenters. The van der Waals surface area contributed by atoms with Crippen LogP contribution < -0.4 is 15.0 Å². The van der Waals surface area contributed by atoms with E-state index in [4.69, 9.17) is 16.3 Å². The van der Waals surface area contributed by atoms with Gasteiger partial charge in [-0.2, -0.15) is 0 Å². The molecule has 32 heavy (non-hydrogen) atoms. The Morgan fingerprint density at radius 3 is 2.44 bits per heavy atom. The number of nitrogens with one attached hydrogen (secondary N) is 1. The quantitative estimate of drug-likeness (QED) is 0.447. The smallest absolute Gasteiger partial charge is 0.335 e. The second-order valence-corrected chi connectivity index (χ2v) is 7.61. The number of carbonyl (C=O) groups is 3. The van der Waals surface area contributed by atoms with E-state index in [9.17, 15) is 14.4 Å². The minimum atomic E-state index is -0.828. The van der Waals surface area contributed by atoms with E-state index < -0.39 is 17.8 Å². The minimum Gasteiger partial charge on any atom is -0.488 e. The van der Waals surface area contributed by atoms with Gasteiger partial charge in [0.2, 0.25) is 0 Å². The lowest BCUT2D eigenvalue weighted by Crippen LogP contribution is -2.54. The molecule has 7 heteroatoms. The number of imide groups is 2. The van der Waals surface area contributed by atoms with E-state index in [1.54, 1.807) is 36.4 Å². The van der Waals surface area contributed by atoms with Gasteiger partial charge in [-0.1, -0.05) is 66.2 Å². The summed E-state index contributed by atoms with van der Waals surface area (Å²) >= 11 is 6.16. The number of aryl methyl sites for hydroxylation is 1. The Bertz CT molecular complexity index is 1240. The fourth-order valence-corrected chi connectivity index (χ4v) is 3.41. The molecule has 1 N–H and O–H groups in total. The van der Waals surface area contributed by atoms with Gasteiger partial charge in [0.15, 0.2) is 0 Å². The van der Waals surface area contributed by atoms with Crippen LogP contribution in [0.3, 0.4) is 0 Å². The van der Waals surface area contributed by atoms with Crippen molar-refractivity contribution in [3.8, 4) is 5.75 Å². The molecule has 1 aliphatic heterocycles. The molecule has 160 valence electrons. The third-order valence-electron chi connectivity index (χ3n) is 4.97. The van der Waals surface area contributed by atoms with Gasteiger partial charge in [0.05, 0.1) is 5.69 Å². The van der Waals surface area contributed by atoms with E-state index in [1.807, 2.05) is 37.3 Å². The number of nitrogens with zero attached hydrogens (tertiary/aromatic N) is 1. The van der Waals surface area contributed by atoms with Gasteiger partial charge >= 0.3 is 6.03 Å². The lowest BCUT2D eigenvalue weighted by Gasteiger charge is -2.26. The summed E-state index contributed by atoms with van der Waals surface area (Å²) in [5, 5.41) is 2.62. The summed E-state index contributed by atoms with van der Waals surface area (Å²) < 4.78 is 5.91. The molecule has 4 rings (SSSR count). The second kappa shape index (κ2) is 9.08. The average Bonchev–Trinajstić information content (AvgIpc) is 2.79. The zero-order chi connectivity index (χ0) is 22.7. The predicted molar refractivity (Wildman–Crippen MR) is 122 cm³/mol. The van der Waals surface area contributed by atoms with Gasteiger partial charge in [-0.05, 0) is 42.3 Å². The third-order valence-corrected chi connectivity index (χ3v) is 5.38. The molecule has 1 heterocycles. The molecule has 6 nitrogen and oxygen atoms in total. The molecule has 1 saturated heterocycles. The molecule has 3 aromatic carbocycles. The first kappa shape index (κ1) is 21.3. The molecule has 0 atom stereocenters. The summed E-state index contributed by atoms with van der Waals surface area (Å²) in [4.78, 5) is 38.9. The highest BCUT2D eigenvalue weighted by atomic mass is 35.5. The average molecular weight is 447 g/mol. The monoisotopic (exact) mass is 446 g/mol. The highest BCUT2D eigenvalue weighted by Gasteiger charge is 2.37. The molecule has 4 amide bonds. The van der Waals surface area contributed by atoms with Gasteiger partial charge in [-0.15, -0.1) is 0 Å². The van der Waals surface area contributed by atoms with Crippen LogP contribution in [0, 0.1) is 6.92 Å². The van der Waals surface area contributed by atoms with Crippen molar-refractivity contribution in [3.63, 3.8) is 0 Å². The molecular weight excluding hydrogens is 428 g/mol. The zero-order valence-corrected chi connectivity index (χ0v) is 17.9. The molecule has 0 bridgehead atoms. The van der Waals surface area contributed by atoms with Crippen molar-refractivity contribution in [1.82, 2.24) is 5.32 Å². The summed E-state index contributed by atoms with van der Waals surface area (Å²) in [5.74, 6) is -1.00. The Balaban J connectivity index is 1.65. The van der Waals surface area contributed by atoms with Crippen molar-refractivity contribution in [2.24, 2.45) is 0 Å². The van der Waals surface area contributed by atoms with E-state index in [0.717, 1.165) is 16.0 Å². The topological polar surface area (TPSA) is 75.7 Å². The lowest BCUT2D eigenvalue weighted by atomic mass is 10.1. The first-order chi connectivity index (χ1) is 15.4. The van der Waals surface area contributed by atoms with Crippen LogP contribution in [0.15, 0.2) is 78.4 Å². The van der Waals surface area contributed by atoms with Gasteiger partial charge in [0, 0.05) is 10.6 Å². The van der Waals surface area contributed by atoms with Gasteiger partial charge < -0.3 is 4.74 Å². The van der Waals surface area contributed by atoms with E-state index in [-0.39, 0.29) is 11.3 Å². The van der Waals surface area contributed by atoms with Crippen molar-refractivity contribution < 1.29 is 19.1 Å². The minimum absolute atomic E-state index is 0.183. The Kier molecular flexibility index (Phi) is 6.05. The standard InChI is InChI=1S/C25H19ClN2O4/c1-16-11-12-19(14-21(16)26)28-24(30)20(23(29)27-25(28)31)13-18-9-5-6-10-22(18)32-15-17-7-3-2-4-8-17/h2-14H,15H2,1H3,(H,27,29,31)/b20-13-. The Morgan fingerprint density at radius 2 is 1.69 bits per heavy atom. The molecule has 1 aliphatic rings. The number of anilines is 1. The summed E-state index contributed by atoms with van der Waals surface area (Å²) in [6.45, 7) is 2.14. The van der Waals surface area contributed by atoms with Crippen molar-refractivity contribution in [2.75, 3.05) is 4.90 Å². The van der Waals surface area contributed by atoms with Gasteiger partial charge in [0.1, 0.15) is 17.9 Å². The van der Waals surface area contributed by atoms with E-state index >= 15 is 0 Å². The fourth-order valence-electron chi connectivity index (χ4n) is 3.23. The Labute approximate surface area is 190 Å². The molecule has 3 aromatic rings. The number of ether oxygens (including phenoxy) is 1. The Morgan fingerprint density at radius 1 is 0.969 bits per heavy atom. The predicted octanol–water partition coefficient (Wildman–Crippen LogP) is 4.89. The summed E-state index contributed by atoms with van der Waals surface area (Å²) in [5.41, 5.74) is 2.41. The van der Waals surface area contributed by atoms with Crippen LogP contribution >= 0.6 is 11.6 Å². The highest BCUT2D eigenvalue weighted by Crippen LogP contribution is 2.28. The SMILES string of the molecule is Cc1ccc(N2C(=O)NC(=O)/C(=C/c3ccccc3OCc3ccccc3)C2=O)cc1Cl. The first-order valence-electron chi connectivity index (χ1n) is 9.87. The Hall–Kier alpha value is -3.90. The molecule has 0 radical (unpaired) electrons. The van der Waals surface area contributed by atoms with Crippen molar-refractivity contribution >= 4 is 41.2 Å². The van der Waals surface area contributed by atoms with Gasteiger partial charge in [-0.3, -0.25) is 14.9 Å². The summed E-state index contributed by atoms with van der Waals surface area (Å²) in [6.07, 6.45) is 1.42. The lowest BCUT2D eigenvalue weighted by molar-refractivity contribution is -0.122. The number of hydrogen-bond donors (Lipinski definition) is 1. The van der Waals surface area contributed by atoms with E-state index in [1.165, 1.54) is 12.1 Å². The molecule has 0 spiro atoms. The summed E-state index contributed by atoms with van der Waals surface area (Å²) in [6, 6.07) is 20.7. The van der Waals surface area contributed by atoms with Crippen LogP contribution in [0.2, 0.25) is 5.02 Å². The van der Waals surface area contributed by atoms with Crippen LogP contribution in [-0.4, -0.2) is 17.8 Å². The van der Waals surface area contributed by atoms with E-state index in [2.05, 4.69) is 5.32 Å². The second-order valence-electron chi connectivity index (χ2n) is 7.20. The van der Waals surface area contributed by atoms with Crippen LogP contribution in [0.4, 0.5) is 10.5 Å². The van der Waals surface area contributed by atoms with Crippen LogP contribution in [-0.2, 0) is 16.2 Å². The maximum absolute atomic E-state index is 13.1. The number of rotatable bonds is 5. The fraction of sp³-hybridized carbons (Fsp3) is 0.0800. The largest absolute Gasteiger partial charge is 0.488 e.